The molecule has 0 aliphatic rings. The van der Waals surface area contributed by atoms with Gasteiger partial charge in [-0.05, 0) is 26.7 Å². The topological polar surface area (TPSA) is 24.7 Å². The minimum atomic E-state index is 1.08. The molecule has 0 saturated carbocycles. The summed E-state index contributed by atoms with van der Waals surface area (Å²) in [4.78, 5) is 0. The van der Waals surface area contributed by atoms with Gasteiger partial charge in [0.1, 0.15) is 0 Å². The zero-order valence-corrected chi connectivity index (χ0v) is 7.09. The molecule has 0 amide bonds. The molecule has 0 unspecified atom stereocenters. The molecule has 0 aromatic heterocycles. The van der Waals surface area contributed by atoms with Crippen molar-refractivity contribution in [3.05, 3.63) is 0 Å². The summed E-state index contributed by atoms with van der Waals surface area (Å²) in [5.74, 6) is 0. The van der Waals surface area contributed by atoms with E-state index in [1.54, 1.807) is 6.21 Å². The smallest absolute Gasteiger partial charge is 0.0374 e. The van der Waals surface area contributed by atoms with Crippen molar-refractivity contribution in [2.24, 2.45) is 10.2 Å². The largest absolute Gasteiger partial charge is 0.164 e. The lowest BCUT2D eigenvalue weighted by Crippen LogP contribution is -1.88. The zero-order valence-electron chi connectivity index (χ0n) is 7.09. The van der Waals surface area contributed by atoms with E-state index in [0.29, 0.717) is 0 Å². The summed E-state index contributed by atoms with van der Waals surface area (Å²) < 4.78 is 0. The minimum Gasteiger partial charge on any atom is -0.164 e. The van der Waals surface area contributed by atoms with E-state index >= 15 is 0 Å². The van der Waals surface area contributed by atoms with Gasteiger partial charge in [0.05, 0.1) is 0 Å². The molecular weight excluding hydrogens is 124 g/mol. The highest BCUT2D eigenvalue weighted by Crippen LogP contribution is 1.96. The van der Waals surface area contributed by atoms with E-state index in [0.717, 1.165) is 12.1 Å². The maximum absolute atomic E-state index is 3.97. The molecule has 58 valence electrons. The summed E-state index contributed by atoms with van der Waals surface area (Å²) in [6.07, 6.45) is 5.22. The van der Waals surface area contributed by atoms with Crippen LogP contribution in [0.2, 0.25) is 0 Å². The van der Waals surface area contributed by atoms with Crippen molar-refractivity contribution in [1.82, 2.24) is 0 Å². The predicted molar refractivity (Wildman–Crippen MR) is 46.8 cm³/mol. The molecule has 0 spiro atoms. The molecule has 10 heavy (non-hydrogen) atoms. The highest BCUT2D eigenvalue weighted by Gasteiger charge is 1.87. The monoisotopic (exact) mass is 140 g/mol. The third-order valence-corrected chi connectivity index (χ3v) is 1.24. The summed E-state index contributed by atoms with van der Waals surface area (Å²) in [7, 11) is 0. The number of hydrogen-bond donors (Lipinski definition) is 0. The number of unbranched alkanes of at least 4 members (excludes halogenated alkanes) is 1. The van der Waals surface area contributed by atoms with E-state index in [2.05, 4.69) is 17.1 Å². The van der Waals surface area contributed by atoms with Crippen LogP contribution >= 0.6 is 0 Å². The minimum absolute atomic E-state index is 1.08. The Hall–Kier alpha value is -0.660. The standard InChI is InChI=1S/C8H16N2/c1-4-6-7-8(3)10-9-5-2/h5H,4,6-7H2,1-3H3/b9-5-,10-8-. The van der Waals surface area contributed by atoms with Gasteiger partial charge in [-0.3, -0.25) is 0 Å². The van der Waals surface area contributed by atoms with Crippen LogP contribution in [0.25, 0.3) is 0 Å². The van der Waals surface area contributed by atoms with E-state index in [1.165, 1.54) is 12.8 Å². The summed E-state index contributed by atoms with van der Waals surface area (Å²) in [5, 5.41) is 7.75. The summed E-state index contributed by atoms with van der Waals surface area (Å²) in [5.41, 5.74) is 1.12. The van der Waals surface area contributed by atoms with E-state index in [4.69, 9.17) is 0 Å². The number of nitrogens with zero attached hydrogens (tertiary/aromatic N) is 2. The van der Waals surface area contributed by atoms with Gasteiger partial charge in [-0.1, -0.05) is 13.3 Å². The Morgan fingerprint density at radius 2 is 2.20 bits per heavy atom. The van der Waals surface area contributed by atoms with Crippen LogP contribution in [0.1, 0.15) is 40.0 Å². The van der Waals surface area contributed by atoms with Crippen molar-refractivity contribution in [3.8, 4) is 0 Å². The van der Waals surface area contributed by atoms with Gasteiger partial charge in [0.2, 0.25) is 0 Å². The van der Waals surface area contributed by atoms with Gasteiger partial charge in [-0.25, -0.2) is 0 Å². The number of rotatable bonds is 4. The molecule has 0 aliphatic carbocycles. The summed E-state index contributed by atoms with van der Waals surface area (Å²) in [6, 6.07) is 0. The normalized spacial score (nSPS) is 12.9. The van der Waals surface area contributed by atoms with E-state index in [1.807, 2.05) is 13.8 Å². The molecule has 0 rings (SSSR count). The third-order valence-electron chi connectivity index (χ3n) is 1.24. The first-order valence-corrected chi connectivity index (χ1v) is 3.82. The van der Waals surface area contributed by atoms with Gasteiger partial charge in [0.15, 0.2) is 0 Å². The van der Waals surface area contributed by atoms with Crippen molar-refractivity contribution in [1.29, 1.82) is 0 Å². The maximum Gasteiger partial charge on any atom is 0.0374 e. The van der Waals surface area contributed by atoms with Crippen LogP contribution in [0.3, 0.4) is 0 Å². The van der Waals surface area contributed by atoms with Crippen LogP contribution in [-0.2, 0) is 0 Å². The van der Waals surface area contributed by atoms with Gasteiger partial charge in [0, 0.05) is 11.9 Å². The lowest BCUT2D eigenvalue weighted by Gasteiger charge is -1.93. The fourth-order valence-electron chi connectivity index (χ4n) is 0.639. The maximum atomic E-state index is 3.97. The fraction of sp³-hybridized carbons (Fsp3) is 0.750. The Balaban J connectivity index is 3.49. The van der Waals surface area contributed by atoms with Crippen LogP contribution in [0, 0.1) is 0 Å². The van der Waals surface area contributed by atoms with E-state index in [-0.39, 0.29) is 0 Å². The van der Waals surface area contributed by atoms with Crippen molar-refractivity contribution >= 4 is 11.9 Å². The molecular formula is C8H16N2. The Morgan fingerprint density at radius 3 is 2.70 bits per heavy atom. The first-order chi connectivity index (χ1) is 4.81. The molecule has 0 bridgehead atoms. The molecule has 0 aromatic carbocycles. The van der Waals surface area contributed by atoms with Crippen LogP contribution in [0.5, 0.6) is 0 Å². The van der Waals surface area contributed by atoms with Crippen molar-refractivity contribution < 1.29 is 0 Å². The van der Waals surface area contributed by atoms with Crippen LogP contribution < -0.4 is 0 Å². The van der Waals surface area contributed by atoms with Crippen LogP contribution in [0.4, 0.5) is 0 Å². The van der Waals surface area contributed by atoms with Gasteiger partial charge in [-0.2, -0.15) is 10.2 Å². The molecule has 0 N–H and O–H groups in total. The van der Waals surface area contributed by atoms with Crippen molar-refractivity contribution in [3.63, 3.8) is 0 Å². The average Bonchev–Trinajstić information content (AvgIpc) is 1.97. The lowest BCUT2D eigenvalue weighted by atomic mass is 10.2. The lowest BCUT2D eigenvalue weighted by molar-refractivity contribution is 0.830. The molecule has 0 aliphatic heterocycles. The summed E-state index contributed by atoms with van der Waals surface area (Å²) in [6.45, 7) is 6.07. The molecule has 0 fully saturated rings. The summed E-state index contributed by atoms with van der Waals surface area (Å²) >= 11 is 0. The van der Waals surface area contributed by atoms with Crippen LogP contribution in [0.15, 0.2) is 10.2 Å². The van der Waals surface area contributed by atoms with E-state index in [9.17, 15) is 0 Å². The Kier molecular flexibility index (Phi) is 6.03. The first kappa shape index (κ1) is 9.34. The van der Waals surface area contributed by atoms with Crippen LogP contribution in [-0.4, -0.2) is 11.9 Å². The molecule has 2 nitrogen and oxygen atoms in total. The molecule has 0 atom stereocenters. The second-order valence-electron chi connectivity index (χ2n) is 2.31. The molecule has 2 heteroatoms. The van der Waals surface area contributed by atoms with Crippen molar-refractivity contribution in [2.75, 3.05) is 0 Å². The molecule has 0 heterocycles. The fourth-order valence-corrected chi connectivity index (χ4v) is 0.639. The van der Waals surface area contributed by atoms with Gasteiger partial charge in [0.25, 0.3) is 0 Å². The Morgan fingerprint density at radius 1 is 1.50 bits per heavy atom. The highest BCUT2D eigenvalue weighted by atomic mass is 15.2. The Labute approximate surface area is 63.1 Å². The average molecular weight is 140 g/mol. The first-order valence-electron chi connectivity index (χ1n) is 3.82. The van der Waals surface area contributed by atoms with Gasteiger partial charge in [-0.15, -0.1) is 0 Å². The molecule has 0 radical (unpaired) electrons. The number of hydrogen-bond acceptors (Lipinski definition) is 2. The SMILES string of the molecule is C/C=N\N=C(\C)CCCC. The molecule has 0 aromatic rings. The predicted octanol–water partition coefficient (Wildman–Crippen LogP) is 2.64. The van der Waals surface area contributed by atoms with Crippen molar-refractivity contribution in [2.45, 2.75) is 40.0 Å². The van der Waals surface area contributed by atoms with Gasteiger partial charge < -0.3 is 0 Å². The Bertz CT molecular complexity index is 125. The second kappa shape index (κ2) is 6.46. The van der Waals surface area contributed by atoms with Gasteiger partial charge >= 0.3 is 0 Å². The molecule has 0 saturated heterocycles. The second-order valence-corrected chi connectivity index (χ2v) is 2.31. The highest BCUT2D eigenvalue weighted by molar-refractivity contribution is 5.82. The quantitative estimate of drug-likeness (QED) is 0.423. The van der Waals surface area contributed by atoms with E-state index < -0.39 is 0 Å². The third kappa shape index (κ3) is 5.48. The zero-order chi connectivity index (χ0) is 7.82.